The molecule has 1 fully saturated rings. The van der Waals surface area contributed by atoms with Crippen LogP contribution in [0, 0.1) is 0 Å². The number of nitrogens with zero attached hydrogens (tertiary/aromatic N) is 1. The van der Waals surface area contributed by atoms with Gasteiger partial charge in [0.25, 0.3) is 0 Å². The van der Waals surface area contributed by atoms with Crippen LogP contribution >= 0.6 is 10.7 Å². The van der Waals surface area contributed by atoms with Gasteiger partial charge in [0.15, 0.2) is 6.29 Å². The molecule has 1 saturated heterocycles. The minimum atomic E-state index is -3.69. The van der Waals surface area contributed by atoms with Crippen LogP contribution in [0.15, 0.2) is 0 Å². The first-order valence-corrected chi connectivity index (χ1v) is 7.02. The smallest absolute Gasteiger partial charge is 0.237 e. The first-order chi connectivity index (χ1) is 7.38. The molecule has 0 aromatic carbocycles. The zero-order chi connectivity index (χ0) is 12.3. The highest BCUT2D eigenvalue weighted by Crippen LogP contribution is 2.21. The molecular formula is C8H14ClNO5S. The summed E-state index contributed by atoms with van der Waals surface area (Å²) in [6, 6.07) is 0. The summed E-state index contributed by atoms with van der Waals surface area (Å²) in [4.78, 5) is 12.9. The zero-order valence-corrected chi connectivity index (χ0v) is 10.6. The largest absolute Gasteiger partial charge is 0.354 e. The molecule has 0 spiro atoms. The lowest BCUT2D eigenvalue weighted by molar-refractivity contribution is -0.141. The SMILES string of the molecule is COC(CN1CC(S(=O)(=O)Cl)CC1=O)OC. The second-order valence-corrected chi connectivity index (χ2v) is 6.41. The van der Waals surface area contributed by atoms with Gasteiger partial charge in [0, 0.05) is 37.9 Å². The van der Waals surface area contributed by atoms with E-state index in [1.807, 2.05) is 0 Å². The van der Waals surface area contributed by atoms with E-state index in [-0.39, 0.29) is 25.4 Å². The lowest BCUT2D eigenvalue weighted by Gasteiger charge is -2.21. The number of rotatable bonds is 5. The number of halogens is 1. The molecule has 1 aliphatic rings. The van der Waals surface area contributed by atoms with Crippen molar-refractivity contribution >= 4 is 25.6 Å². The van der Waals surface area contributed by atoms with Crippen molar-refractivity contribution in [2.45, 2.75) is 18.0 Å². The Bertz CT molecular complexity index is 353. The number of ether oxygens (including phenoxy) is 2. The summed E-state index contributed by atoms with van der Waals surface area (Å²) < 4.78 is 32.0. The Morgan fingerprint density at radius 3 is 2.44 bits per heavy atom. The molecule has 1 rings (SSSR count). The third-order valence-corrected chi connectivity index (χ3v) is 4.34. The quantitative estimate of drug-likeness (QED) is 0.510. The summed E-state index contributed by atoms with van der Waals surface area (Å²) in [6.07, 6.45) is -0.632. The Morgan fingerprint density at radius 2 is 2.06 bits per heavy atom. The molecule has 16 heavy (non-hydrogen) atoms. The van der Waals surface area contributed by atoms with Crippen molar-refractivity contribution in [3.8, 4) is 0 Å². The van der Waals surface area contributed by atoms with E-state index in [9.17, 15) is 13.2 Å². The van der Waals surface area contributed by atoms with Crippen molar-refractivity contribution < 1.29 is 22.7 Å². The summed E-state index contributed by atoms with van der Waals surface area (Å²) in [5.41, 5.74) is 0. The second-order valence-electron chi connectivity index (χ2n) is 3.50. The van der Waals surface area contributed by atoms with Crippen LogP contribution in [0.2, 0.25) is 0 Å². The highest BCUT2D eigenvalue weighted by Gasteiger charge is 2.38. The predicted octanol–water partition coefficient (Wildman–Crippen LogP) is -0.225. The molecule has 1 atom stereocenters. The van der Waals surface area contributed by atoms with E-state index in [1.165, 1.54) is 19.1 Å². The van der Waals surface area contributed by atoms with Crippen molar-refractivity contribution in [3.05, 3.63) is 0 Å². The molecular weight excluding hydrogens is 258 g/mol. The normalized spacial score (nSPS) is 22.1. The van der Waals surface area contributed by atoms with Crippen LogP contribution in [0.1, 0.15) is 6.42 Å². The Labute approximate surface area is 98.9 Å². The zero-order valence-electron chi connectivity index (χ0n) is 9.05. The molecule has 1 aliphatic heterocycles. The van der Waals surface area contributed by atoms with Crippen molar-refractivity contribution in [1.82, 2.24) is 4.90 Å². The van der Waals surface area contributed by atoms with Crippen LogP contribution in [0.4, 0.5) is 0 Å². The Morgan fingerprint density at radius 1 is 1.50 bits per heavy atom. The Kier molecular flexibility index (Phi) is 4.54. The van der Waals surface area contributed by atoms with Crippen molar-refractivity contribution in [1.29, 1.82) is 0 Å². The van der Waals surface area contributed by atoms with E-state index in [2.05, 4.69) is 0 Å². The summed E-state index contributed by atoms with van der Waals surface area (Å²) >= 11 is 0. The molecule has 1 amide bonds. The molecule has 0 aromatic rings. The number of hydrogen-bond donors (Lipinski definition) is 0. The average Bonchev–Trinajstić information content (AvgIpc) is 2.56. The van der Waals surface area contributed by atoms with Gasteiger partial charge < -0.3 is 14.4 Å². The van der Waals surface area contributed by atoms with Gasteiger partial charge in [-0.3, -0.25) is 4.79 Å². The van der Waals surface area contributed by atoms with E-state index in [4.69, 9.17) is 20.2 Å². The van der Waals surface area contributed by atoms with Crippen LogP contribution in [0.5, 0.6) is 0 Å². The van der Waals surface area contributed by atoms with E-state index < -0.39 is 20.6 Å². The van der Waals surface area contributed by atoms with Gasteiger partial charge in [-0.1, -0.05) is 0 Å². The van der Waals surface area contributed by atoms with Crippen LogP contribution in [-0.2, 0) is 23.3 Å². The molecule has 0 bridgehead atoms. The number of carbonyl (C=O) groups excluding carboxylic acids is 1. The molecule has 6 nitrogen and oxygen atoms in total. The van der Waals surface area contributed by atoms with Crippen molar-refractivity contribution in [2.24, 2.45) is 0 Å². The van der Waals surface area contributed by atoms with E-state index in [0.29, 0.717) is 0 Å². The van der Waals surface area contributed by atoms with Gasteiger partial charge in [-0.2, -0.15) is 0 Å². The van der Waals surface area contributed by atoms with E-state index in [0.717, 1.165) is 0 Å². The molecule has 0 radical (unpaired) electrons. The molecule has 0 saturated carbocycles. The molecule has 0 N–H and O–H groups in total. The lowest BCUT2D eigenvalue weighted by Crippen LogP contribution is -2.36. The molecule has 0 aliphatic carbocycles. The number of amides is 1. The van der Waals surface area contributed by atoms with Gasteiger partial charge in [-0.25, -0.2) is 8.42 Å². The van der Waals surface area contributed by atoms with E-state index >= 15 is 0 Å². The maximum Gasteiger partial charge on any atom is 0.237 e. The summed E-state index contributed by atoms with van der Waals surface area (Å²) in [6.45, 7) is 0.294. The minimum Gasteiger partial charge on any atom is -0.354 e. The van der Waals surface area contributed by atoms with Crippen molar-refractivity contribution in [2.75, 3.05) is 27.3 Å². The molecule has 94 valence electrons. The standard InChI is InChI=1S/C8H14ClNO5S/c1-14-8(15-2)5-10-4-6(3-7(10)11)16(9,12)13/h6,8H,3-5H2,1-2H3. The molecule has 0 aromatic heterocycles. The van der Waals surface area contributed by atoms with Crippen LogP contribution in [0.3, 0.4) is 0 Å². The first kappa shape index (κ1) is 13.7. The monoisotopic (exact) mass is 271 g/mol. The van der Waals surface area contributed by atoms with Gasteiger partial charge in [0.2, 0.25) is 15.0 Å². The maximum absolute atomic E-state index is 11.5. The van der Waals surface area contributed by atoms with E-state index in [1.54, 1.807) is 0 Å². The van der Waals surface area contributed by atoms with Crippen LogP contribution < -0.4 is 0 Å². The topological polar surface area (TPSA) is 72.9 Å². The van der Waals surface area contributed by atoms with Crippen molar-refractivity contribution in [3.63, 3.8) is 0 Å². The fourth-order valence-corrected chi connectivity index (χ4v) is 2.58. The minimum absolute atomic E-state index is 0.0774. The van der Waals surface area contributed by atoms with Crippen LogP contribution in [-0.4, -0.2) is 58.1 Å². The highest BCUT2D eigenvalue weighted by molar-refractivity contribution is 8.14. The molecule has 1 unspecified atom stereocenters. The predicted molar refractivity (Wildman–Crippen MR) is 57.6 cm³/mol. The Hall–Kier alpha value is -0.370. The van der Waals surface area contributed by atoms with Crippen LogP contribution in [0.25, 0.3) is 0 Å². The number of hydrogen-bond acceptors (Lipinski definition) is 5. The fourth-order valence-electron chi connectivity index (χ4n) is 1.53. The number of methoxy groups -OCH3 is 2. The maximum atomic E-state index is 11.5. The molecule has 1 heterocycles. The first-order valence-electron chi connectivity index (χ1n) is 4.65. The second kappa shape index (κ2) is 5.31. The third-order valence-electron chi connectivity index (χ3n) is 2.47. The fraction of sp³-hybridized carbons (Fsp3) is 0.875. The summed E-state index contributed by atoms with van der Waals surface area (Å²) in [5, 5.41) is -0.837. The lowest BCUT2D eigenvalue weighted by atomic mass is 10.4. The molecule has 8 heteroatoms. The number of carbonyl (C=O) groups is 1. The summed E-state index contributed by atoms with van der Waals surface area (Å²) in [5.74, 6) is -0.256. The summed E-state index contributed by atoms with van der Waals surface area (Å²) in [7, 11) is 4.41. The van der Waals surface area contributed by atoms with Gasteiger partial charge in [0.05, 0.1) is 6.54 Å². The number of likely N-dealkylation sites (tertiary alicyclic amines) is 1. The van der Waals surface area contributed by atoms with Gasteiger partial charge >= 0.3 is 0 Å². The van der Waals surface area contributed by atoms with Gasteiger partial charge in [-0.05, 0) is 0 Å². The average molecular weight is 272 g/mol. The third kappa shape index (κ3) is 3.31. The van der Waals surface area contributed by atoms with Gasteiger partial charge in [0.1, 0.15) is 5.25 Å². The Balaban J connectivity index is 2.62. The highest BCUT2D eigenvalue weighted by atomic mass is 35.7. The van der Waals surface area contributed by atoms with Gasteiger partial charge in [-0.15, -0.1) is 0 Å².